The number of carbonyl (C=O) groups excluding carboxylic acids is 1. The Labute approximate surface area is 161 Å². The Morgan fingerprint density at radius 1 is 1.30 bits per heavy atom. The molecule has 2 N–H and O–H groups in total. The van der Waals surface area contributed by atoms with Crippen LogP contribution in [0.2, 0.25) is 0 Å². The molecule has 0 saturated carbocycles. The number of aromatic nitrogens is 3. The van der Waals surface area contributed by atoms with Gasteiger partial charge in [-0.25, -0.2) is 9.97 Å². The van der Waals surface area contributed by atoms with Gasteiger partial charge in [-0.3, -0.25) is 9.59 Å². The van der Waals surface area contributed by atoms with Crippen molar-refractivity contribution in [1.29, 1.82) is 0 Å². The van der Waals surface area contributed by atoms with Crippen LogP contribution in [0.15, 0.2) is 41.3 Å². The zero-order valence-electron chi connectivity index (χ0n) is 15.4. The van der Waals surface area contributed by atoms with E-state index in [-0.39, 0.29) is 10.8 Å². The highest BCUT2D eigenvalue weighted by atomic mass is 32.1. The van der Waals surface area contributed by atoms with Crippen molar-refractivity contribution in [3.63, 3.8) is 0 Å². The van der Waals surface area contributed by atoms with Crippen molar-refractivity contribution in [2.45, 2.75) is 20.3 Å². The molecule has 140 valence electrons. The Hall–Kier alpha value is -3.00. The highest BCUT2D eigenvalue weighted by Crippen LogP contribution is 2.25. The molecule has 2 aromatic heterocycles. The zero-order valence-corrected chi connectivity index (χ0v) is 16.3. The summed E-state index contributed by atoms with van der Waals surface area (Å²) in [5.41, 5.74) is 3.57. The molecule has 27 heavy (non-hydrogen) atoms. The van der Waals surface area contributed by atoms with Gasteiger partial charge < -0.3 is 15.2 Å². The van der Waals surface area contributed by atoms with Gasteiger partial charge in [-0.05, 0) is 37.1 Å². The molecule has 0 atom stereocenters. The normalized spacial score (nSPS) is 10.6. The number of benzene rings is 1. The van der Waals surface area contributed by atoms with E-state index < -0.39 is 0 Å². The van der Waals surface area contributed by atoms with Crippen LogP contribution in [-0.4, -0.2) is 27.0 Å². The quantitative estimate of drug-likeness (QED) is 0.683. The molecule has 0 spiro atoms. The Kier molecular flexibility index (Phi) is 5.66. The van der Waals surface area contributed by atoms with E-state index in [2.05, 4.69) is 20.6 Å². The number of carbonyl (C=O) groups is 1. The molecule has 0 saturated heterocycles. The first-order valence-electron chi connectivity index (χ1n) is 8.54. The van der Waals surface area contributed by atoms with Gasteiger partial charge in [-0.15, -0.1) is 0 Å². The maximum Gasteiger partial charge on any atom is 0.307 e. The standard InChI is InChI=1S/C19H21N5O2S/c1-12-17(27-19(26)24(12)3)16-8-10-21-18(23-16)22-15-6-4-5-14(11-15)7-9-20-13(2)25/h4-6,8,10-11H,7,9H2,1-3H3,(H,20,25)(H,21,22,23). The lowest BCUT2D eigenvalue weighted by molar-refractivity contribution is -0.118. The summed E-state index contributed by atoms with van der Waals surface area (Å²) in [4.78, 5) is 32.5. The summed E-state index contributed by atoms with van der Waals surface area (Å²) >= 11 is 1.18. The van der Waals surface area contributed by atoms with Crippen molar-refractivity contribution in [3.05, 3.63) is 57.5 Å². The van der Waals surface area contributed by atoms with Gasteiger partial charge in [0, 0.05) is 38.1 Å². The lowest BCUT2D eigenvalue weighted by Crippen LogP contribution is -2.22. The predicted octanol–water partition coefficient (Wildman–Crippen LogP) is 2.63. The average molecular weight is 383 g/mol. The summed E-state index contributed by atoms with van der Waals surface area (Å²) < 4.78 is 1.62. The van der Waals surface area contributed by atoms with Gasteiger partial charge in [-0.1, -0.05) is 23.5 Å². The highest BCUT2D eigenvalue weighted by Gasteiger charge is 2.12. The van der Waals surface area contributed by atoms with Crippen LogP contribution in [0.5, 0.6) is 0 Å². The van der Waals surface area contributed by atoms with Crippen LogP contribution >= 0.6 is 11.3 Å². The maximum atomic E-state index is 11.9. The molecule has 0 bridgehead atoms. The van der Waals surface area contributed by atoms with E-state index >= 15 is 0 Å². The molecular weight excluding hydrogens is 362 g/mol. The van der Waals surface area contributed by atoms with Crippen LogP contribution in [0.25, 0.3) is 10.6 Å². The maximum absolute atomic E-state index is 11.9. The van der Waals surface area contributed by atoms with Crippen molar-refractivity contribution in [2.24, 2.45) is 7.05 Å². The van der Waals surface area contributed by atoms with E-state index in [9.17, 15) is 9.59 Å². The third-order valence-electron chi connectivity index (χ3n) is 4.15. The Bertz CT molecular complexity index is 1020. The van der Waals surface area contributed by atoms with Crippen molar-refractivity contribution in [2.75, 3.05) is 11.9 Å². The van der Waals surface area contributed by atoms with Crippen molar-refractivity contribution in [1.82, 2.24) is 19.9 Å². The third-order valence-corrected chi connectivity index (χ3v) is 5.31. The molecule has 1 aromatic carbocycles. The first kappa shape index (κ1) is 18.8. The minimum atomic E-state index is -0.0343. The second-order valence-electron chi connectivity index (χ2n) is 6.17. The van der Waals surface area contributed by atoms with Gasteiger partial charge >= 0.3 is 4.87 Å². The van der Waals surface area contributed by atoms with Crippen molar-refractivity contribution >= 4 is 28.9 Å². The van der Waals surface area contributed by atoms with Crippen molar-refractivity contribution in [3.8, 4) is 10.6 Å². The molecule has 3 rings (SSSR count). The Balaban J connectivity index is 1.77. The van der Waals surface area contributed by atoms with E-state index in [1.54, 1.807) is 23.9 Å². The third kappa shape index (κ3) is 4.59. The van der Waals surface area contributed by atoms with Gasteiger partial charge in [0.1, 0.15) is 0 Å². The van der Waals surface area contributed by atoms with Gasteiger partial charge in [-0.2, -0.15) is 0 Å². The number of nitrogens with zero attached hydrogens (tertiary/aromatic N) is 3. The molecular formula is C19H21N5O2S. The summed E-state index contributed by atoms with van der Waals surface area (Å²) in [5, 5.41) is 5.99. The number of rotatable bonds is 6. The molecule has 0 fully saturated rings. The van der Waals surface area contributed by atoms with E-state index in [0.717, 1.165) is 33.9 Å². The summed E-state index contributed by atoms with van der Waals surface area (Å²) in [5.74, 6) is 0.433. The minimum Gasteiger partial charge on any atom is -0.356 e. The van der Waals surface area contributed by atoms with Gasteiger partial charge in [0.15, 0.2) is 0 Å². The van der Waals surface area contributed by atoms with Crippen LogP contribution in [0.3, 0.4) is 0 Å². The number of amides is 1. The largest absolute Gasteiger partial charge is 0.356 e. The molecule has 7 nitrogen and oxygen atoms in total. The van der Waals surface area contributed by atoms with E-state index in [1.807, 2.05) is 31.2 Å². The van der Waals surface area contributed by atoms with Crippen LogP contribution in [-0.2, 0) is 18.3 Å². The van der Waals surface area contributed by atoms with Crippen LogP contribution < -0.4 is 15.5 Å². The molecule has 0 aliphatic heterocycles. The van der Waals surface area contributed by atoms with Gasteiger partial charge in [0.2, 0.25) is 11.9 Å². The summed E-state index contributed by atoms with van der Waals surface area (Å²) in [6, 6.07) is 9.69. The fraction of sp³-hybridized carbons (Fsp3) is 0.263. The Morgan fingerprint density at radius 3 is 2.81 bits per heavy atom. The smallest absolute Gasteiger partial charge is 0.307 e. The second kappa shape index (κ2) is 8.13. The van der Waals surface area contributed by atoms with Crippen LogP contribution in [0, 0.1) is 6.92 Å². The summed E-state index contributed by atoms with van der Waals surface area (Å²) in [6.07, 6.45) is 2.42. The van der Waals surface area contributed by atoms with E-state index in [0.29, 0.717) is 12.5 Å². The fourth-order valence-electron chi connectivity index (χ4n) is 2.62. The monoisotopic (exact) mass is 383 g/mol. The molecule has 0 aliphatic carbocycles. The lowest BCUT2D eigenvalue weighted by atomic mass is 10.1. The second-order valence-corrected chi connectivity index (χ2v) is 7.13. The number of hydrogen-bond acceptors (Lipinski definition) is 6. The van der Waals surface area contributed by atoms with Crippen molar-refractivity contribution < 1.29 is 4.79 Å². The van der Waals surface area contributed by atoms with Gasteiger partial charge in [0.05, 0.1) is 10.6 Å². The predicted molar refractivity (Wildman–Crippen MR) is 107 cm³/mol. The van der Waals surface area contributed by atoms with Crippen LogP contribution in [0.1, 0.15) is 18.2 Å². The highest BCUT2D eigenvalue weighted by molar-refractivity contribution is 7.13. The minimum absolute atomic E-state index is 0.0116. The average Bonchev–Trinajstić information content (AvgIpc) is 2.89. The number of hydrogen-bond donors (Lipinski definition) is 2. The SMILES string of the molecule is CC(=O)NCCc1cccc(Nc2nccc(-c3sc(=O)n(C)c3C)n2)c1. The molecule has 1 amide bonds. The number of anilines is 2. The van der Waals surface area contributed by atoms with E-state index in [4.69, 9.17) is 0 Å². The molecule has 8 heteroatoms. The number of nitrogens with one attached hydrogen (secondary N) is 2. The van der Waals surface area contributed by atoms with Crippen LogP contribution in [0.4, 0.5) is 11.6 Å². The molecule has 2 heterocycles. The fourth-order valence-corrected chi connectivity index (χ4v) is 3.57. The first-order valence-corrected chi connectivity index (χ1v) is 9.36. The summed E-state index contributed by atoms with van der Waals surface area (Å²) in [7, 11) is 1.75. The first-order chi connectivity index (χ1) is 12.9. The number of thiazole rings is 1. The molecule has 0 aliphatic rings. The Morgan fingerprint density at radius 2 is 2.11 bits per heavy atom. The molecule has 0 unspecified atom stereocenters. The molecule has 0 radical (unpaired) electrons. The van der Waals surface area contributed by atoms with E-state index in [1.165, 1.54) is 18.3 Å². The molecule has 3 aromatic rings. The zero-order chi connectivity index (χ0) is 19.4. The topological polar surface area (TPSA) is 88.9 Å². The van der Waals surface area contributed by atoms with Gasteiger partial charge in [0.25, 0.3) is 0 Å². The lowest BCUT2D eigenvalue weighted by Gasteiger charge is -2.08. The summed E-state index contributed by atoms with van der Waals surface area (Å²) in [6.45, 7) is 4.01.